The van der Waals surface area contributed by atoms with Gasteiger partial charge >= 0.3 is 0 Å². The van der Waals surface area contributed by atoms with Gasteiger partial charge in [0.05, 0.1) is 0 Å². The van der Waals surface area contributed by atoms with E-state index in [-0.39, 0.29) is 5.21 Å². The van der Waals surface area contributed by atoms with Gasteiger partial charge in [0.2, 0.25) is 10.0 Å². The molecule has 0 aromatic rings. The molecule has 1 heterocycles. The van der Waals surface area contributed by atoms with Crippen molar-refractivity contribution in [3.05, 3.63) is 0 Å². The number of sulfonamides is 1. The van der Waals surface area contributed by atoms with E-state index in [0.717, 1.165) is 12.8 Å². The Kier molecular flexibility index (Phi) is 4.66. The molecule has 0 spiro atoms. The van der Waals surface area contributed by atoms with Crippen molar-refractivity contribution >= 4 is 21.6 Å². The first-order valence-electron chi connectivity index (χ1n) is 5.83. The Bertz CT molecular complexity index is 319. The van der Waals surface area contributed by atoms with Crippen LogP contribution < -0.4 is 0 Å². The van der Waals surface area contributed by atoms with Crippen LogP contribution in [-0.2, 0) is 10.0 Å². The Hall–Kier alpha value is 0.200. The van der Waals surface area contributed by atoms with Gasteiger partial charge in [-0.15, -0.1) is 11.6 Å². The van der Waals surface area contributed by atoms with Gasteiger partial charge in [-0.1, -0.05) is 20.8 Å². The van der Waals surface area contributed by atoms with Gasteiger partial charge in [0.25, 0.3) is 0 Å². The van der Waals surface area contributed by atoms with Crippen LogP contribution in [0.15, 0.2) is 0 Å². The molecule has 5 heteroatoms. The van der Waals surface area contributed by atoms with Gasteiger partial charge in [0.15, 0.2) is 0 Å². The van der Waals surface area contributed by atoms with Gasteiger partial charge in [0, 0.05) is 13.1 Å². The van der Waals surface area contributed by atoms with Crippen molar-refractivity contribution in [3.8, 4) is 0 Å². The Morgan fingerprint density at radius 1 is 1.31 bits per heavy atom. The van der Waals surface area contributed by atoms with Gasteiger partial charge < -0.3 is 0 Å². The summed E-state index contributed by atoms with van der Waals surface area (Å²) in [5, 5.41) is -0.298. The molecule has 96 valence electrons. The summed E-state index contributed by atoms with van der Waals surface area (Å²) in [5.74, 6) is 0.668. The zero-order valence-corrected chi connectivity index (χ0v) is 11.9. The third-order valence-electron chi connectivity index (χ3n) is 3.36. The van der Waals surface area contributed by atoms with Crippen molar-refractivity contribution < 1.29 is 8.42 Å². The van der Waals surface area contributed by atoms with Crippen LogP contribution >= 0.6 is 11.6 Å². The van der Waals surface area contributed by atoms with Crippen LogP contribution in [0, 0.1) is 11.3 Å². The second-order valence-corrected chi connectivity index (χ2v) is 8.08. The normalized spacial score (nSPS) is 22.6. The highest BCUT2D eigenvalue weighted by Gasteiger charge is 2.34. The smallest absolute Gasteiger partial charge is 0.211 e. The highest BCUT2D eigenvalue weighted by atomic mass is 35.5. The highest BCUT2D eigenvalue weighted by molar-refractivity contribution is 7.90. The topological polar surface area (TPSA) is 37.4 Å². The SMILES string of the molecule is CC(C)CC1(C)CCN(S(=O)(=O)CCl)CC1. The lowest BCUT2D eigenvalue weighted by Gasteiger charge is -2.39. The molecule has 1 fully saturated rings. The minimum Gasteiger partial charge on any atom is -0.211 e. The molecular formula is C11H22ClNO2S. The van der Waals surface area contributed by atoms with E-state index in [1.54, 1.807) is 0 Å². The van der Waals surface area contributed by atoms with Crippen molar-refractivity contribution in [2.24, 2.45) is 11.3 Å². The van der Waals surface area contributed by atoms with E-state index in [4.69, 9.17) is 11.6 Å². The van der Waals surface area contributed by atoms with Crippen molar-refractivity contribution in [1.82, 2.24) is 4.31 Å². The number of alkyl halides is 1. The quantitative estimate of drug-likeness (QED) is 0.735. The minimum atomic E-state index is -3.20. The van der Waals surface area contributed by atoms with Crippen LogP contribution in [0.4, 0.5) is 0 Å². The predicted octanol–water partition coefficient (Wildman–Crippen LogP) is 2.66. The molecule has 0 atom stereocenters. The number of hydrogen-bond acceptors (Lipinski definition) is 2. The minimum absolute atomic E-state index is 0.298. The second-order valence-electron chi connectivity index (χ2n) is 5.53. The van der Waals surface area contributed by atoms with Gasteiger partial charge in [0.1, 0.15) is 5.21 Å². The summed E-state index contributed by atoms with van der Waals surface area (Å²) < 4.78 is 24.7. The molecule has 0 aromatic carbocycles. The van der Waals surface area contributed by atoms with E-state index in [9.17, 15) is 8.42 Å². The van der Waals surface area contributed by atoms with Crippen molar-refractivity contribution in [2.45, 2.75) is 40.0 Å². The predicted molar refractivity (Wildman–Crippen MR) is 68.0 cm³/mol. The van der Waals surface area contributed by atoms with Crippen LogP contribution in [-0.4, -0.2) is 31.0 Å². The summed E-state index contributed by atoms with van der Waals surface area (Å²) in [6.07, 6.45) is 3.06. The highest BCUT2D eigenvalue weighted by Crippen LogP contribution is 2.37. The molecule has 0 amide bonds. The van der Waals surface area contributed by atoms with Gasteiger partial charge in [-0.25, -0.2) is 12.7 Å². The van der Waals surface area contributed by atoms with Gasteiger partial charge in [-0.2, -0.15) is 0 Å². The molecule has 0 unspecified atom stereocenters. The summed E-state index contributed by atoms with van der Waals surface area (Å²) in [7, 11) is -3.20. The first kappa shape index (κ1) is 14.3. The molecule has 0 saturated carbocycles. The van der Waals surface area contributed by atoms with Gasteiger partial charge in [-0.3, -0.25) is 0 Å². The summed E-state index contributed by atoms with van der Waals surface area (Å²) >= 11 is 5.45. The van der Waals surface area contributed by atoms with Crippen LogP contribution in [0.1, 0.15) is 40.0 Å². The number of rotatable bonds is 4. The fourth-order valence-electron chi connectivity index (χ4n) is 2.56. The van der Waals surface area contributed by atoms with E-state index >= 15 is 0 Å². The molecule has 0 aromatic heterocycles. The second kappa shape index (κ2) is 5.23. The first-order chi connectivity index (χ1) is 7.29. The molecule has 1 aliphatic heterocycles. The van der Waals surface area contributed by atoms with Crippen LogP contribution in [0.2, 0.25) is 0 Å². The lowest BCUT2D eigenvalue weighted by Crippen LogP contribution is -2.42. The van der Waals surface area contributed by atoms with E-state index in [1.165, 1.54) is 10.7 Å². The lowest BCUT2D eigenvalue weighted by molar-refractivity contribution is 0.145. The summed E-state index contributed by atoms with van der Waals surface area (Å²) in [4.78, 5) is 0. The molecule has 1 rings (SSSR count). The van der Waals surface area contributed by atoms with E-state index in [2.05, 4.69) is 20.8 Å². The number of hydrogen-bond donors (Lipinski definition) is 0. The Labute approximate surface area is 104 Å². The summed E-state index contributed by atoms with van der Waals surface area (Å²) in [6, 6.07) is 0. The molecular weight excluding hydrogens is 246 g/mol. The summed E-state index contributed by atoms with van der Waals surface area (Å²) in [5.41, 5.74) is 0.298. The van der Waals surface area contributed by atoms with E-state index in [1.807, 2.05) is 0 Å². The monoisotopic (exact) mass is 267 g/mol. The first-order valence-corrected chi connectivity index (χ1v) is 7.97. The van der Waals surface area contributed by atoms with Gasteiger partial charge in [-0.05, 0) is 30.6 Å². The third kappa shape index (κ3) is 3.60. The fourth-order valence-corrected chi connectivity index (χ4v) is 3.85. The molecule has 1 aliphatic rings. The number of nitrogens with zero attached hydrogens (tertiary/aromatic N) is 1. The van der Waals surface area contributed by atoms with Crippen LogP contribution in [0.5, 0.6) is 0 Å². The molecule has 0 bridgehead atoms. The van der Waals surface area contributed by atoms with E-state index < -0.39 is 10.0 Å². The van der Waals surface area contributed by atoms with Crippen molar-refractivity contribution in [2.75, 3.05) is 18.3 Å². The number of halogens is 1. The van der Waals surface area contributed by atoms with Crippen LogP contribution in [0.3, 0.4) is 0 Å². The molecule has 3 nitrogen and oxygen atoms in total. The fraction of sp³-hybridized carbons (Fsp3) is 1.00. The average molecular weight is 268 g/mol. The summed E-state index contributed by atoms with van der Waals surface area (Å²) in [6.45, 7) is 7.94. The van der Waals surface area contributed by atoms with Crippen LogP contribution in [0.25, 0.3) is 0 Å². The largest absolute Gasteiger partial charge is 0.228 e. The maximum atomic E-state index is 11.6. The molecule has 16 heavy (non-hydrogen) atoms. The zero-order chi connectivity index (χ0) is 12.4. The molecule has 0 N–H and O–H groups in total. The third-order valence-corrected chi connectivity index (χ3v) is 5.62. The Morgan fingerprint density at radius 2 is 1.81 bits per heavy atom. The molecule has 0 radical (unpaired) electrons. The van der Waals surface area contributed by atoms with Crippen molar-refractivity contribution in [1.29, 1.82) is 0 Å². The number of piperidine rings is 1. The Morgan fingerprint density at radius 3 is 2.19 bits per heavy atom. The van der Waals surface area contributed by atoms with Crippen molar-refractivity contribution in [3.63, 3.8) is 0 Å². The zero-order valence-electron chi connectivity index (χ0n) is 10.4. The maximum absolute atomic E-state index is 11.6. The maximum Gasteiger partial charge on any atom is 0.228 e. The average Bonchev–Trinajstić information content (AvgIpc) is 2.16. The Balaban J connectivity index is 2.57. The molecule has 1 saturated heterocycles. The van der Waals surface area contributed by atoms with E-state index in [0.29, 0.717) is 24.4 Å². The standard InChI is InChI=1S/C11H22ClNO2S/c1-10(2)8-11(3)4-6-13(7-5-11)16(14,15)9-12/h10H,4-9H2,1-3H3. The lowest BCUT2D eigenvalue weighted by atomic mass is 9.75. The molecule has 0 aliphatic carbocycles.